The van der Waals surface area contributed by atoms with Crippen LogP contribution in [0.4, 0.5) is 13.2 Å². The number of rotatable bonds is 2. The monoisotopic (exact) mass is 311 g/mol. The zero-order valence-electron chi connectivity index (χ0n) is 11.4. The highest BCUT2D eigenvalue weighted by Gasteiger charge is 2.34. The van der Waals surface area contributed by atoms with Gasteiger partial charge in [-0.3, -0.25) is 14.2 Å². The molecule has 1 N–H and O–H groups in total. The molecule has 1 amide bonds. The SMILES string of the molecule is O=C1CCC(Cn2cnc3cccc(C(F)(F)F)c3c2=O)N1. The number of nitrogens with one attached hydrogen (secondary N) is 1. The molecule has 1 saturated heterocycles. The number of carbonyl (C=O) groups excluding carboxylic acids is 1. The number of hydrogen-bond acceptors (Lipinski definition) is 3. The van der Waals surface area contributed by atoms with Gasteiger partial charge in [0.25, 0.3) is 5.56 Å². The lowest BCUT2D eigenvalue weighted by Crippen LogP contribution is -2.34. The van der Waals surface area contributed by atoms with E-state index in [9.17, 15) is 22.8 Å². The third-order valence-corrected chi connectivity index (χ3v) is 3.66. The summed E-state index contributed by atoms with van der Waals surface area (Å²) >= 11 is 0. The van der Waals surface area contributed by atoms with E-state index in [-0.39, 0.29) is 24.0 Å². The van der Waals surface area contributed by atoms with Crippen molar-refractivity contribution >= 4 is 16.8 Å². The zero-order chi connectivity index (χ0) is 15.9. The Morgan fingerprint density at radius 1 is 1.32 bits per heavy atom. The van der Waals surface area contributed by atoms with Gasteiger partial charge < -0.3 is 5.32 Å². The minimum atomic E-state index is -4.62. The van der Waals surface area contributed by atoms with Crippen LogP contribution in [0, 0.1) is 0 Å². The second-order valence-corrected chi connectivity index (χ2v) is 5.20. The Hall–Kier alpha value is -2.38. The van der Waals surface area contributed by atoms with Crippen molar-refractivity contribution in [1.82, 2.24) is 14.9 Å². The second-order valence-electron chi connectivity index (χ2n) is 5.20. The fraction of sp³-hybridized carbons (Fsp3) is 0.357. The first kappa shape index (κ1) is 14.6. The van der Waals surface area contributed by atoms with Gasteiger partial charge in [0.05, 0.1) is 22.8 Å². The van der Waals surface area contributed by atoms with Crippen molar-refractivity contribution in [3.8, 4) is 0 Å². The highest BCUT2D eigenvalue weighted by molar-refractivity contribution is 5.81. The lowest BCUT2D eigenvalue weighted by Gasteiger charge is -2.14. The molecule has 0 bridgehead atoms. The minimum absolute atomic E-state index is 0.00605. The van der Waals surface area contributed by atoms with Gasteiger partial charge in [0.15, 0.2) is 0 Å². The molecule has 0 aliphatic carbocycles. The molecule has 1 fully saturated rings. The average Bonchev–Trinajstić information content (AvgIpc) is 2.86. The number of halogens is 3. The third-order valence-electron chi connectivity index (χ3n) is 3.66. The van der Waals surface area contributed by atoms with E-state index >= 15 is 0 Å². The maximum Gasteiger partial charge on any atom is 0.417 e. The third kappa shape index (κ3) is 2.56. The van der Waals surface area contributed by atoms with E-state index in [0.717, 1.165) is 10.6 Å². The molecule has 1 unspecified atom stereocenters. The van der Waals surface area contributed by atoms with Gasteiger partial charge in [-0.15, -0.1) is 0 Å². The molecular formula is C14H12F3N3O2. The van der Waals surface area contributed by atoms with Crippen molar-refractivity contribution in [2.75, 3.05) is 0 Å². The van der Waals surface area contributed by atoms with Crippen molar-refractivity contribution in [3.63, 3.8) is 0 Å². The molecule has 8 heteroatoms. The standard InChI is InChI=1S/C14H12F3N3O2/c15-14(16,17)9-2-1-3-10-12(9)13(22)20(7-18-10)6-8-4-5-11(21)19-8/h1-3,7-8H,4-6H2,(H,19,21). The molecule has 5 nitrogen and oxygen atoms in total. The van der Waals surface area contributed by atoms with Crippen LogP contribution in [0.25, 0.3) is 10.9 Å². The van der Waals surface area contributed by atoms with Crippen LogP contribution in [-0.4, -0.2) is 21.5 Å². The van der Waals surface area contributed by atoms with Gasteiger partial charge in [-0.05, 0) is 18.6 Å². The van der Waals surface area contributed by atoms with E-state index < -0.39 is 22.7 Å². The molecule has 0 spiro atoms. The predicted molar refractivity (Wildman–Crippen MR) is 72.2 cm³/mol. The van der Waals surface area contributed by atoms with Gasteiger partial charge >= 0.3 is 6.18 Å². The van der Waals surface area contributed by atoms with Crippen molar-refractivity contribution in [1.29, 1.82) is 0 Å². The number of amides is 1. The van der Waals surface area contributed by atoms with Crippen molar-refractivity contribution in [3.05, 3.63) is 40.4 Å². The van der Waals surface area contributed by atoms with Gasteiger partial charge in [0.2, 0.25) is 5.91 Å². The molecule has 0 saturated carbocycles. The topological polar surface area (TPSA) is 64.0 Å². The molecule has 2 aromatic rings. The van der Waals surface area contributed by atoms with Crippen LogP contribution in [0.2, 0.25) is 0 Å². The Labute approximate surface area is 122 Å². The largest absolute Gasteiger partial charge is 0.417 e. The molecule has 116 valence electrons. The number of hydrogen-bond donors (Lipinski definition) is 1. The Bertz CT molecular complexity index is 798. The normalized spacial score (nSPS) is 18.7. The van der Waals surface area contributed by atoms with Gasteiger partial charge in [0.1, 0.15) is 0 Å². The van der Waals surface area contributed by atoms with Gasteiger partial charge in [0, 0.05) is 19.0 Å². The Morgan fingerprint density at radius 2 is 2.09 bits per heavy atom. The van der Waals surface area contributed by atoms with E-state index in [4.69, 9.17) is 0 Å². The summed E-state index contributed by atoms with van der Waals surface area (Å²) in [5, 5.41) is 2.23. The number of carbonyl (C=O) groups is 1. The molecule has 0 radical (unpaired) electrons. The Balaban J connectivity index is 2.08. The lowest BCUT2D eigenvalue weighted by molar-refractivity contribution is -0.136. The molecule has 1 aliphatic rings. The minimum Gasteiger partial charge on any atom is -0.352 e. The summed E-state index contributed by atoms with van der Waals surface area (Å²) in [4.78, 5) is 27.5. The predicted octanol–water partition coefficient (Wildman–Crippen LogP) is 1.69. The highest BCUT2D eigenvalue weighted by atomic mass is 19.4. The van der Waals surface area contributed by atoms with E-state index in [1.54, 1.807) is 0 Å². The van der Waals surface area contributed by atoms with E-state index in [2.05, 4.69) is 10.3 Å². The molecule has 1 aliphatic heterocycles. The summed E-state index contributed by atoms with van der Waals surface area (Å²) in [7, 11) is 0. The fourth-order valence-electron chi connectivity index (χ4n) is 2.62. The van der Waals surface area contributed by atoms with Crippen LogP contribution >= 0.6 is 0 Å². The zero-order valence-corrected chi connectivity index (χ0v) is 11.4. The fourth-order valence-corrected chi connectivity index (χ4v) is 2.62. The van der Waals surface area contributed by atoms with Crippen molar-refractivity contribution in [2.24, 2.45) is 0 Å². The molecule has 3 rings (SSSR count). The molecule has 1 aromatic heterocycles. The number of fused-ring (bicyclic) bond motifs is 1. The Morgan fingerprint density at radius 3 is 2.73 bits per heavy atom. The van der Waals surface area contributed by atoms with E-state index in [0.29, 0.717) is 12.8 Å². The quantitative estimate of drug-likeness (QED) is 0.918. The first-order valence-electron chi connectivity index (χ1n) is 6.71. The van der Waals surface area contributed by atoms with Crippen LogP contribution in [0.3, 0.4) is 0 Å². The highest BCUT2D eigenvalue weighted by Crippen LogP contribution is 2.32. The maximum atomic E-state index is 13.1. The van der Waals surface area contributed by atoms with Crippen molar-refractivity contribution < 1.29 is 18.0 Å². The number of aromatic nitrogens is 2. The summed E-state index contributed by atoms with van der Waals surface area (Å²) in [6.07, 6.45) is -2.51. The van der Waals surface area contributed by atoms with E-state index in [1.807, 2.05) is 0 Å². The van der Waals surface area contributed by atoms with Gasteiger partial charge in [-0.1, -0.05) is 6.07 Å². The summed E-state index contributed by atoms with van der Waals surface area (Å²) < 4.78 is 40.3. The van der Waals surface area contributed by atoms with Crippen LogP contribution in [0.5, 0.6) is 0 Å². The summed E-state index contributed by atoms with van der Waals surface area (Å²) in [5.74, 6) is -0.122. The maximum absolute atomic E-state index is 13.1. The lowest BCUT2D eigenvalue weighted by atomic mass is 10.1. The molecule has 1 atom stereocenters. The van der Waals surface area contributed by atoms with E-state index in [1.165, 1.54) is 18.5 Å². The molecular weight excluding hydrogens is 299 g/mol. The van der Waals surface area contributed by atoms with Gasteiger partial charge in [-0.25, -0.2) is 4.98 Å². The van der Waals surface area contributed by atoms with Crippen LogP contribution in [-0.2, 0) is 17.5 Å². The summed E-state index contributed by atoms with van der Waals surface area (Å²) in [6, 6.07) is 3.20. The average molecular weight is 311 g/mol. The Kier molecular flexibility index (Phi) is 3.38. The summed E-state index contributed by atoms with van der Waals surface area (Å²) in [6.45, 7) is 0.111. The first-order chi connectivity index (χ1) is 10.4. The molecule has 22 heavy (non-hydrogen) atoms. The first-order valence-corrected chi connectivity index (χ1v) is 6.71. The number of benzene rings is 1. The smallest absolute Gasteiger partial charge is 0.352 e. The van der Waals surface area contributed by atoms with Crippen molar-refractivity contribution in [2.45, 2.75) is 31.6 Å². The van der Waals surface area contributed by atoms with Gasteiger partial charge in [-0.2, -0.15) is 13.2 Å². The number of nitrogens with zero attached hydrogens (tertiary/aromatic N) is 2. The second kappa shape index (κ2) is 5.11. The van der Waals surface area contributed by atoms with Crippen LogP contribution in [0.15, 0.2) is 29.3 Å². The number of alkyl halides is 3. The summed E-state index contributed by atoms with van der Waals surface area (Å²) in [5.41, 5.74) is -1.74. The molecule has 2 heterocycles. The van der Waals surface area contributed by atoms with Crippen LogP contribution in [0.1, 0.15) is 18.4 Å². The molecule has 1 aromatic carbocycles. The van der Waals surface area contributed by atoms with Crippen LogP contribution < -0.4 is 10.9 Å².